The van der Waals surface area contributed by atoms with E-state index in [0.717, 1.165) is 0 Å². The fraction of sp³-hybridized carbons (Fsp3) is 0.125. The van der Waals surface area contributed by atoms with Crippen molar-refractivity contribution in [2.24, 2.45) is 0 Å². The molecule has 3 aromatic carbocycles. The quantitative estimate of drug-likeness (QED) is 0.228. The summed E-state index contributed by atoms with van der Waals surface area (Å²) in [7, 11) is -0.561. The Balaban J connectivity index is 0.000000934. The molecule has 0 saturated heterocycles. The smallest absolute Gasteiger partial charge is 1.00 e. The number of rotatable bonds is 1. The van der Waals surface area contributed by atoms with Crippen LogP contribution in [-0.4, -0.2) is 8.41 Å². The van der Waals surface area contributed by atoms with E-state index in [-0.39, 0.29) is 51.0 Å². The average Bonchev–Trinajstić information content (AvgIpc) is 3.22. The van der Waals surface area contributed by atoms with Crippen LogP contribution in [0.15, 0.2) is 66.7 Å². The Kier molecular flexibility index (Phi) is 7.62. The van der Waals surface area contributed by atoms with Crippen LogP contribution in [0, 0.1) is 15.3 Å². The second-order valence-corrected chi connectivity index (χ2v) is 9.62. The Morgan fingerprint density at radius 3 is 2.32 bits per heavy atom. The molecule has 0 aliphatic heterocycles. The van der Waals surface area contributed by atoms with Crippen molar-refractivity contribution in [3.63, 3.8) is 0 Å². The van der Waals surface area contributed by atoms with Crippen LogP contribution >= 0.6 is 0 Å². The van der Waals surface area contributed by atoms with Crippen molar-refractivity contribution in [2.75, 3.05) is 0 Å². The summed E-state index contributed by atoms with van der Waals surface area (Å²) in [5, 5.41) is 3.89. The molecule has 0 fully saturated rings. The van der Waals surface area contributed by atoms with Crippen molar-refractivity contribution in [1.29, 1.82) is 0 Å². The Bertz CT molecular complexity index is 1270. The van der Waals surface area contributed by atoms with Crippen molar-refractivity contribution in [1.82, 2.24) is 0 Å². The minimum atomic E-state index is -0.561. The molecule has 0 heterocycles. The monoisotopic (exact) mass is 495 g/mol. The minimum absolute atomic E-state index is 0. The summed E-state index contributed by atoms with van der Waals surface area (Å²) in [6.45, 7) is 4.78. The minimum Gasteiger partial charge on any atom is -1.00 e. The van der Waals surface area contributed by atoms with Gasteiger partial charge in [0.15, 0.2) is 0 Å². The summed E-state index contributed by atoms with van der Waals surface area (Å²) in [5.41, 5.74) is 5.58. The Morgan fingerprint density at radius 1 is 0.821 bits per heavy atom. The Morgan fingerprint density at radius 2 is 1.54 bits per heavy atom. The van der Waals surface area contributed by atoms with Crippen LogP contribution < -0.4 is 30.0 Å². The molecule has 0 amide bonds. The first-order valence-corrected chi connectivity index (χ1v) is 11.3. The number of hydrogen-bond donors (Lipinski definition) is 0. The standard InChI is InChI=1S/C24H19Si.2ClH.Zr/c1-25(2)23-14-13-20-19-10-6-4-8-17(19)15-22(20)24(23)21-12-11-16-7-3-5-9-18(16)21;;;/h3-14,21H,1-2H3;2*1H;/q-1;;;+3/p-2. The van der Waals surface area contributed by atoms with Crippen molar-refractivity contribution in [3.8, 4) is 0 Å². The third-order valence-electron chi connectivity index (χ3n) is 5.37. The SMILES string of the molecule is C[Si](C)=c1ccc2c(c1C1C=Cc3ccccc31)[C-]=c1ccccc1=2.[Cl-].[Cl-].[Zr+3]. The van der Waals surface area contributed by atoms with E-state index in [1.54, 1.807) is 0 Å². The van der Waals surface area contributed by atoms with Crippen LogP contribution in [0.4, 0.5) is 0 Å². The summed E-state index contributed by atoms with van der Waals surface area (Å²) in [6.07, 6.45) is 8.39. The van der Waals surface area contributed by atoms with Crippen LogP contribution in [0.2, 0.25) is 13.1 Å². The van der Waals surface area contributed by atoms with Gasteiger partial charge in [0.05, 0.1) is 0 Å². The molecule has 1 atom stereocenters. The van der Waals surface area contributed by atoms with E-state index >= 15 is 0 Å². The van der Waals surface area contributed by atoms with Gasteiger partial charge in [-0.25, -0.2) is 0 Å². The van der Waals surface area contributed by atoms with Gasteiger partial charge in [-0.2, -0.15) is 0 Å². The van der Waals surface area contributed by atoms with Gasteiger partial charge in [0, 0.05) is 14.3 Å². The summed E-state index contributed by atoms with van der Waals surface area (Å²) in [6, 6.07) is 22.1. The van der Waals surface area contributed by atoms with Crippen LogP contribution in [0.25, 0.3) is 12.2 Å². The molecule has 28 heavy (non-hydrogen) atoms. The predicted molar refractivity (Wildman–Crippen MR) is 106 cm³/mol. The topological polar surface area (TPSA) is 0 Å². The molecule has 1 radical (unpaired) electrons. The van der Waals surface area contributed by atoms with Crippen LogP contribution in [0.5, 0.6) is 0 Å². The zero-order valence-corrected chi connectivity index (χ0v) is 20.7. The first-order chi connectivity index (χ1) is 12.2. The van der Waals surface area contributed by atoms with E-state index in [0.29, 0.717) is 5.92 Å². The van der Waals surface area contributed by atoms with Crippen molar-refractivity contribution in [2.45, 2.75) is 19.0 Å². The second kappa shape index (κ2) is 9.18. The molecule has 0 nitrogen and oxygen atoms in total. The van der Waals surface area contributed by atoms with E-state index in [1.165, 1.54) is 42.7 Å². The maximum atomic E-state index is 3.73. The van der Waals surface area contributed by atoms with Gasteiger partial charge in [-0.15, -0.1) is 33.4 Å². The maximum Gasteiger partial charge on any atom is 3.00 e. The molecule has 0 saturated carbocycles. The molecule has 0 spiro atoms. The largest absolute Gasteiger partial charge is 3.00 e. The van der Waals surface area contributed by atoms with Gasteiger partial charge in [0.1, 0.15) is 0 Å². The summed E-state index contributed by atoms with van der Waals surface area (Å²) in [5.74, 6) is 0.350. The third kappa shape index (κ3) is 3.61. The normalized spacial score (nSPS) is 14.4. The zero-order chi connectivity index (χ0) is 17.0. The number of fused-ring (bicyclic) bond motifs is 3. The molecule has 5 rings (SSSR count). The number of allylic oxidation sites excluding steroid dienone is 1. The van der Waals surface area contributed by atoms with Gasteiger partial charge in [-0.05, 0) is 11.1 Å². The molecular formula is C24H19Cl2SiZr. The molecular weight excluding hydrogens is 478 g/mol. The van der Waals surface area contributed by atoms with Crippen LogP contribution in [0.3, 0.4) is 0 Å². The molecule has 0 bridgehead atoms. The summed E-state index contributed by atoms with van der Waals surface area (Å²) < 4.78 is 0. The molecule has 137 valence electrons. The van der Waals surface area contributed by atoms with E-state index < -0.39 is 8.41 Å². The molecule has 0 aromatic heterocycles. The van der Waals surface area contributed by atoms with Gasteiger partial charge in [0.25, 0.3) is 0 Å². The average molecular weight is 498 g/mol. The van der Waals surface area contributed by atoms with E-state index in [4.69, 9.17) is 0 Å². The third-order valence-corrected chi connectivity index (χ3v) is 6.88. The molecule has 3 aromatic rings. The fourth-order valence-electron chi connectivity index (χ4n) is 4.20. The van der Waals surface area contributed by atoms with Crippen molar-refractivity contribution >= 4 is 20.6 Å². The fourth-order valence-corrected chi connectivity index (χ4v) is 5.44. The first-order valence-electron chi connectivity index (χ1n) is 8.85. The molecule has 4 heteroatoms. The van der Waals surface area contributed by atoms with E-state index in [2.05, 4.69) is 92.0 Å². The second-order valence-electron chi connectivity index (χ2n) is 7.09. The first kappa shape index (κ1) is 23.2. The Hall–Kier alpha value is -1.05. The molecule has 2 aliphatic rings. The number of benzene rings is 3. The van der Waals surface area contributed by atoms with E-state index in [1.807, 2.05) is 0 Å². The zero-order valence-electron chi connectivity index (χ0n) is 15.8. The summed E-state index contributed by atoms with van der Waals surface area (Å²) >= 11 is 0. The van der Waals surface area contributed by atoms with Gasteiger partial charge in [0.2, 0.25) is 0 Å². The van der Waals surface area contributed by atoms with Crippen molar-refractivity contribution in [3.05, 3.63) is 109 Å². The predicted octanol–water partition coefficient (Wildman–Crippen LogP) is -1.26. The molecule has 0 N–H and O–H groups in total. The van der Waals surface area contributed by atoms with Crippen LogP contribution in [-0.2, 0) is 26.2 Å². The number of hydrogen-bond acceptors (Lipinski definition) is 0. The van der Waals surface area contributed by atoms with Gasteiger partial charge >= 0.3 is 26.2 Å². The van der Waals surface area contributed by atoms with Gasteiger partial charge < -0.3 is 24.8 Å². The number of halogens is 2. The summed E-state index contributed by atoms with van der Waals surface area (Å²) in [4.78, 5) is 1.54. The maximum absolute atomic E-state index is 3.73. The van der Waals surface area contributed by atoms with E-state index in [9.17, 15) is 0 Å². The molecule has 1 unspecified atom stereocenters. The van der Waals surface area contributed by atoms with Gasteiger partial charge in [-0.1, -0.05) is 90.2 Å². The van der Waals surface area contributed by atoms with Crippen LogP contribution in [0.1, 0.15) is 28.2 Å². The van der Waals surface area contributed by atoms with Crippen molar-refractivity contribution < 1.29 is 51.0 Å². The van der Waals surface area contributed by atoms with Gasteiger partial charge in [-0.3, -0.25) is 0 Å². The Labute approximate surface area is 198 Å². The molecule has 2 aliphatic carbocycles.